The molecule has 1 saturated carbocycles. The van der Waals surface area contributed by atoms with Gasteiger partial charge in [0, 0.05) is 12.6 Å². The largest absolute Gasteiger partial charge is 0.326 e. The Labute approximate surface area is 121 Å². The number of sulfonamides is 1. The van der Waals surface area contributed by atoms with Crippen molar-refractivity contribution in [3.05, 3.63) is 29.3 Å². The van der Waals surface area contributed by atoms with Gasteiger partial charge in [-0.1, -0.05) is 12.1 Å². The first-order chi connectivity index (χ1) is 8.40. The smallest absolute Gasteiger partial charge is 0.240 e. The molecule has 1 fully saturated rings. The van der Waals surface area contributed by atoms with Gasteiger partial charge in [0.05, 0.1) is 4.90 Å². The molecule has 0 saturated heterocycles. The Morgan fingerprint density at radius 1 is 1.37 bits per heavy atom. The topological polar surface area (TPSA) is 72.2 Å². The lowest BCUT2D eigenvalue weighted by Gasteiger charge is -2.13. The molecule has 3 N–H and O–H groups in total. The fraction of sp³-hybridized carbons (Fsp3) is 0.538. The average molecular weight is 305 g/mol. The van der Waals surface area contributed by atoms with Crippen LogP contribution in [0.2, 0.25) is 0 Å². The Hall–Kier alpha value is -0.620. The van der Waals surface area contributed by atoms with E-state index in [0.717, 1.165) is 24.0 Å². The molecule has 2 rings (SSSR count). The Kier molecular flexibility index (Phi) is 5.38. The van der Waals surface area contributed by atoms with Crippen LogP contribution in [0.4, 0.5) is 0 Å². The first kappa shape index (κ1) is 16.4. The van der Waals surface area contributed by atoms with E-state index in [1.54, 1.807) is 13.0 Å². The van der Waals surface area contributed by atoms with Crippen molar-refractivity contribution in [3.8, 4) is 0 Å². The summed E-state index contributed by atoms with van der Waals surface area (Å²) in [5.41, 5.74) is 7.60. The average Bonchev–Trinajstić information content (AvgIpc) is 3.13. The van der Waals surface area contributed by atoms with Crippen LogP contribution in [0, 0.1) is 19.8 Å². The highest BCUT2D eigenvalue weighted by molar-refractivity contribution is 7.89. The van der Waals surface area contributed by atoms with Crippen molar-refractivity contribution < 1.29 is 8.42 Å². The predicted octanol–water partition coefficient (Wildman–Crippen LogP) is 1.74. The third-order valence-corrected chi connectivity index (χ3v) is 4.94. The zero-order valence-electron chi connectivity index (χ0n) is 11.2. The summed E-state index contributed by atoms with van der Waals surface area (Å²) < 4.78 is 27.0. The van der Waals surface area contributed by atoms with Crippen molar-refractivity contribution >= 4 is 22.4 Å². The minimum absolute atomic E-state index is 0. The molecule has 0 aromatic heterocycles. The summed E-state index contributed by atoms with van der Waals surface area (Å²) in [5.74, 6) is 0.492. The summed E-state index contributed by atoms with van der Waals surface area (Å²) >= 11 is 0. The molecule has 108 valence electrons. The summed E-state index contributed by atoms with van der Waals surface area (Å²) in [5, 5.41) is 0. The molecule has 1 atom stereocenters. The van der Waals surface area contributed by atoms with Gasteiger partial charge in [0.15, 0.2) is 0 Å². The van der Waals surface area contributed by atoms with E-state index in [2.05, 4.69) is 4.72 Å². The van der Waals surface area contributed by atoms with Crippen LogP contribution in [0.25, 0.3) is 0 Å². The van der Waals surface area contributed by atoms with Crippen molar-refractivity contribution in [1.82, 2.24) is 4.72 Å². The van der Waals surface area contributed by atoms with Crippen LogP contribution in [0.3, 0.4) is 0 Å². The van der Waals surface area contributed by atoms with E-state index in [9.17, 15) is 8.42 Å². The highest BCUT2D eigenvalue weighted by atomic mass is 35.5. The van der Waals surface area contributed by atoms with E-state index in [0.29, 0.717) is 17.4 Å². The lowest BCUT2D eigenvalue weighted by Crippen LogP contribution is -2.38. The third-order valence-electron chi connectivity index (χ3n) is 3.37. The third kappa shape index (κ3) is 4.18. The van der Waals surface area contributed by atoms with Crippen LogP contribution >= 0.6 is 12.4 Å². The number of nitrogens with two attached hydrogens (primary N) is 1. The lowest BCUT2D eigenvalue weighted by atomic mass is 10.2. The molecule has 0 amide bonds. The molecule has 1 aromatic rings. The first-order valence-corrected chi connectivity index (χ1v) is 7.71. The van der Waals surface area contributed by atoms with Crippen LogP contribution in [-0.2, 0) is 10.0 Å². The van der Waals surface area contributed by atoms with Crippen molar-refractivity contribution in [2.45, 2.75) is 37.6 Å². The second-order valence-electron chi connectivity index (χ2n) is 5.12. The van der Waals surface area contributed by atoms with Gasteiger partial charge in [0.2, 0.25) is 10.0 Å². The second kappa shape index (κ2) is 6.22. The highest BCUT2D eigenvalue weighted by Crippen LogP contribution is 2.31. The number of rotatable bonds is 5. The van der Waals surface area contributed by atoms with Gasteiger partial charge < -0.3 is 5.73 Å². The van der Waals surface area contributed by atoms with Crippen LogP contribution in [0.15, 0.2) is 23.1 Å². The fourth-order valence-electron chi connectivity index (χ4n) is 1.97. The summed E-state index contributed by atoms with van der Waals surface area (Å²) in [4.78, 5) is 0.352. The van der Waals surface area contributed by atoms with Crippen molar-refractivity contribution in [3.63, 3.8) is 0 Å². The summed E-state index contributed by atoms with van der Waals surface area (Å²) in [7, 11) is -3.44. The van der Waals surface area contributed by atoms with Gasteiger partial charge in [0.25, 0.3) is 0 Å². The molecular formula is C13H21ClN2O2S. The van der Waals surface area contributed by atoms with E-state index in [4.69, 9.17) is 5.73 Å². The predicted molar refractivity (Wildman–Crippen MR) is 79.1 cm³/mol. The molecule has 0 aliphatic heterocycles. The Morgan fingerprint density at radius 2 is 2.00 bits per heavy atom. The molecular weight excluding hydrogens is 284 g/mol. The number of benzene rings is 1. The molecule has 1 aliphatic rings. The van der Waals surface area contributed by atoms with Crippen LogP contribution in [0.5, 0.6) is 0 Å². The van der Waals surface area contributed by atoms with Gasteiger partial charge in [-0.15, -0.1) is 12.4 Å². The maximum absolute atomic E-state index is 12.2. The van der Waals surface area contributed by atoms with Gasteiger partial charge in [-0.2, -0.15) is 0 Å². The quantitative estimate of drug-likeness (QED) is 0.870. The standard InChI is InChI=1S/C13H20N2O2S.ClH/c1-9-3-4-10(2)13(7-9)18(16,17)15-8-12(14)11-5-6-11;/h3-4,7,11-12,15H,5-6,8,14H2,1-2H3;1H. The van der Waals surface area contributed by atoms with E-state index in [1.807, 2.05) is 19.1 Å². The van der Waals surface area contributed by atoms with Gasteiger partial charge >= 0.3 is 0 Å². The number of hydrogen-bond acceptors (Lipinski definition) is 3. The molecule has 1 aliphatic carbocycles. The number of hydrogen-bond donors (Lipinski definition) is 2. The van der Waals surface area contributed by atoms with Gasteiger partial charge in [-0.3, -0.25) is 0 Å². The zero-order valence-corrected chi connectivity index (χ0v) is 12.9. The SMILES string of the molecule is Cc1ccc(C)c(S(=O)(=O)NCC(N)C2CC2)c1.Cl. The Morgan fingerprint density at radius 3 is 2.58 bits per heavy atom. The highest BCUT2D eigenvalue weighted by Gasteiger charge is 2.29. The molecule has 0 bridgehead atoms. The molecule has 1 unspecified atom stereocenters. The minimum atomic E-state index is -3.44. The van der Waals surface area contributed by atoms with Crippen molar-refractivity contribution in [2.24, 2.45) is 11.7 Å². The summed E-state index contributed by atoms with van der Waals surface area (Å²) in [6.45, 7) is 4.00. The Bertz CT molecular complexity index is 542. The lowest BCUT2D eigenvalue weighted by molar-refractivity contribution is 0.547. The molecule has 1 aromatic carbocycles. The summed E-state index contributed by atoms with van der Waals surface area (Å²) in [6.07, 6.45) is 2.23. The van der Waals surface area contributed by atoms with Crippen LogP contribution < -0.4 is 10.5 Å². The molecule has 19 heavy (non-hydrogen) atoms. The van der Waals surface area contributed by atoms with Gasteiger partial charge in [0.1, 0.15) is 0 Å². The van der Waals surface area contributed by atoms with Crippen LogP contribution in [-0.4, -0.2) is 21.0 Å². The minimum Gasteiger partial charge on any atom is -0.326 e. The maximum atomic E-state index is 12.2. The molecule has 0 radical (unpaired) electrons. The maximum Gasteiger partial charge on any atom is 0.240 e. The first-order valence-electron chi connectivity index (χ1n) is 6.22. The summed E-state index contributed by atoms with van der Waals surface area (Å²) in [6, 6.07) is 5.36. The normalized spacial score (nSPS) is 16.8. The second-order valence-corrected chi connectivity index (χ2v) is 6.86. The number of halogens is 1. The molecule has 6 heteroatoms. The molecule has 4 nitrogen and oxygen atoms in total. The van der Waals surface area contributed by atoms with E-state index < -0.39 is 10.0 Å². The van der Waals surface area contributed by atoms with Crippen molar-refractivity contribution in [1.29, 1.82) is 0 Å². The fourth-order valence-corrected chi connectivity index (χ4v) is 3.37. The zero-order chi connectivity index (χ0) is 13.3. The van der Waals surface area contributed by atoms with Gasteiger partial charge in [-0.25, -0.2) is 13.1 Å². The van der Waals surface area contributed by atoms with Crippen molar-refractivity contribution in [2.75, 3.05) is 6.54 Å². The monoisotopic (exact) mass is 304 g/mol. The molecule has 0 heterocycles. The van der Waals surface area contributed by atoms with E-state index in [-0.39, 0.29) is 18.4 Å². The van der Waals surface area contributed by atoms with E-state index in [1.165, 1.54) is 0 Å². The number of nitrogens with one attached hydrogen (secondary N) is 1. The van der Waals surface area contributed by atoms with Crippen LogP contribution in [0.1, 0.15) is 24.0 Å². The number of aryl methyl sites for hydroxylation is 2. The van der Waals surface area contributed by atoms with E-state index >= 15 is 0 Å². The Balaban J connectivity index is 0.00000180. The molecule has 0 spiro atoms. The van der Waals surface area contributed by atoms with Gasteiger partial charge in [-0.05, 0) is 49.8 Å².